The van der Waals surface area contributed by atoms with E-state index in [1.807, 2.05) is 19.2 Å². The molecule has 16 heavy (non-hydrogen) atoms. The van der Waals surface area contributed by atoms with Gasteiger partial charge in [-0.05, 0) is 37.6 Å². The molecule has 0 amide bonds. The molecule has 1 aliphatic rings. The Morgan fingerprint density at radius 1 is 1.38 bits per heavy atom. The fourth-order valence-electron chi connectivity index (χ4n) is 2.52. The van der Waals surface area contributed by atoms with Gasteiger partial charge in [0.25, 0.3) is 0 Å². The Morgan fingerprint density at radius 3 is 2.75 bits per heavy atom. The molecule has 1 aromatic heterocycles. The molecule has 0 atom stereocenters. The van der Waals surface area contributed by atoms with E-state index in [0.717, 1.165) is 5.02 Å². The maximum Gasteiger partial charge on any atom is 0.0496 e. The summed E-state index contributed by atoms with van der Waals surface area (Å²) in [6, 6.07) is 6.13. The third kappa shape index (κ3) is 1.30. The van der Waals surface area contributed by atoms with Gasteiger partial charge >= 0.3 is 0 Å². The van der Waals surface area contributed by atoms with E-state index in [9.17, 15) is 0 Å². The third-order valence-corrected chi connectivity index (χ3v) is 3.93. The van der Waals surface area contributed by atoms with Gasteiger partial charge in [-0.3, -0.25) is 0 Å². The van der Waals surface area contributed by atoms with Gasteiger partial charge in [0.05, 0.1) is 0 Å². The molecule has 3 heteroatoms. The van der Waals surface area contributed by atoms with E-state index in [1.165, 1.54) is 29.3 Å². The lowest BCUT2D eigenvalue weighted by Gasteiger charge is -2.12. The third-order valence-electron chi connectivity index (χ3n) is 3.70. The van der Waals surface area contributed by atoms with Crippen molar-refractivity contribution in [3.63, 3.8) is 0 Å². The number of nitrogens with zero attached hydrogens (tertiary/aromatic N) is 1. The van der Waals surface area contributed by atoms with Gasteiger partial charge in [-0.25, -0.2) is 0 Å². The highest BCUT2D eigenvalue weighted by Crippen LogP contribution is 2.48. The van der Waals surface area contributed by atoms with Gasteiger partial charge in [-0.2, -0.15) is 0 Å². The number of hydrogen-bond donors (Lipinski definition) is 1. The Hall–Kier alpha value is -0.990. The van der Waals surface area contributed by atoms with E-state index >= 15 is 0 Å². The van der Waals surface area contributed by atoms with E-state index in [-0.39, 0.29) is 5.54 Å². The molecule has 0 spiro atoms. The predicted molar refractivity (Wildman–Crippen MR) is 67.9 cm³/mol. The van der Waals surface area contributed by atoms with Gasteiger partial charge in [-0.1, -0.05) is 17.7 Å². The molecule has 1 fully saturated rings. The first-order valence-electron chi connectivity index (χ1n) is 5.60. The van der Waals surface area contributed by atoms with Gasteiger partial charge < -0.3 is 9.88 Å². The van der Waals surface area contributed by atoms with Crippen LogP contribution in [0.5, 0.6) is 0 Å². The van der Waals surface area contributed by atoms with Gasteiger partial charge in [0.1, 0.15) is 0 Å². The summed E-state index contributed by atoms with van der Waals surface area (Å²) in [4.78, 5) is 0. The molecule has 3 rings (SSSR count). The Morgan fingerprint density at radius 2 is 2.12 bits per heavy atom. The maximum atomic E-state index is 6.03. The molecular weight excluding hydrogens is 220 g/mol. The minimum Gasteiger partial charge on any atom is -0.350 e. The van der Waals surface area contributed by atoms with Crippen molar-refractivity contribution in [1.82, 2.24) is 9.88 Å². The van der Waals surface area contributed by atoms with Crippen molar-refractivity contribution in [3.05, 3.63) is 35.0 Å². The molecule has 1 saturated carbocycles. The first-order chi connectivity index (χ1) is 7.66. The van der Waals surface area contributed by atoms with Crippen LogP contribution in [-0.2, 0) is 12.6 Å². The Labute approximate surface area is 100 Å². The van der Waals surface area contributed by atoms with Crippen LogP contribution >= 0.6 is 11.6 Å². The highest BCUT2D eigenvalue weighted by Gasteiger charge is 2.44. The second-order valence-electron chi connectivity index (χ2n) is 4.65. The van der Waals surface area contributed by atoms with E-state index in [1.54, 1.807) is 0 Å². The van der Waals surface area contributed by atoms with Crippen LogP contribution in [0.25, 0.3) is 10.9 Å². The molecule has 0 unspecified atom stereocenters. The number of nitrogens with one attached hydrogen (secondary N) is 1. The fourth-order valence-corrected chi connectivity index (χ4v) is 2.68. The molecule has 1 heterocycles. The zero-order valence-electron chi connectivity index (χ0n) is 9.55. The first-order valence-corrected chi connectivity index (χ1v) is 5.98. The molecule has 0 saturated heterocycles. The lowest BCUT2D eigenvalue weighted by atomic mass is 10.0. The monoisotopic (exact) mass is 234 g/mol. The fraction of sp³-hybridized carbons (Fsp3) is 0.385. The van der Waals surface area contributed by atoms with E-state index in [0.29, 0.717) is 0 Å². The lowest BCUT2D eigenvalue weighted by molar-refractivity contribution is 0.588. The number of benzene rings is 1. The lowest BCUT2D eigenvalue weighted by Crippen LogP contribution is -2.24. The number of aryl methyl sites for hydroxylation is 1. The van der Waals surface area contributed by atoms with Crippen LogP contribution < -0.4 is 5.32 Å². The van der Waals surface area contributed by atoms with Gasteiger partial charge in [0.15, 0.2) is 0 Å². The average Bonchev–Trinajstić information content (AvgIpc) is 3.01. The number of aromatic nitrogens is 1. The van der Waals surface area contributed by atoms with Crippen LogP contribution in [0.15, 0.2) is 24.4 Å². The summed E-state index contributed by atoms with van der Waals surface area (Å²) < 4.78 is 2.16. The van der Waals surface area contributed by atoms with E-state index in [4.69, 9.17) is 11.6 Å². The summed E-state index contributed by atoms with van der Waals surface area (Å²) in [7, 11) is 4.12. The first kappa shape index (κ1) is 10.2. The summed E-state index contributed by atoms with van der Waals surface area (Å²) in [5.41, 5.74) is 2.83. The Balaban J connectivity index is 2.27. The van der Waals surface area contributed by atoms with Crippen LogP contribution in [0.3, 0.4) is 0 Å². The molecule has 1 aromatic carbocycles. The van der Waals surface area contributed by atoms with Gasteiger partial charge in [0.2, 0.25) is 0 Å². The van der Waals surface area contributed by atoms with Gasteiger partial charge in [0, 0.05) is 34.7 Å². The van der Waals surface area contributed by atoms with Crippen LogP contribution in [-0.4, -0.2) is 11.6 Å². The number of halogens is 1. The van der Waals surface area contributed by atoms with Crippen LogP contribution in [0.1, 0.15) is 18.4 Å². The van der Waals surface area contributed by atoms with Crippen molar-refractivity contribution in [2.75, 3.05) is 7.05 Å². The van der Waals surface area contributed by atoms with Crippen LogP contribution in [0, 0.1) is 0 Å². The summed E-state index contributed by atoms with van der Waals surface area (Å²) >= 11 is 6.03. The normalized spacial score (nSPS) is 17.9. The molecule has 0 bridgehead atoms. The maximum absolute atomic E-state index is 6.03. The second kappa shape index (κ2) is 3.25. The average molecular weight is 235 g/mol. The molecule has 1 N–H and O–H groups in total. The number of rotatable bonds is 2. The number of fused-ring (bicyclic) bond motifs is 1. The highest BCUT2D eigenvalue weighted by atomic mass is 35.5. The van der Waals surface area contributed by atoms with E-state index in [2.05, 4.69) is 29.2 Å². The van der Waals surface area contributed by atoms with Crippen molar-refractivity contribution in [2.24, 2.45) is 7.05 Å². The quantitative estimate of drug-likeness (QED) is 0.845. The van der Waals surface area contributed by atoms with Crippen LogP contribution in [0.2, 0.25) is 5.02 Å². The van der Waals surface area contributed by atoms with Crippen molar-refractivity contribution >= 4 is 22.5 Å². The van der Waals surface area contributed by atoms with E-state index < -0.39 is 0 Å². The topological polar surface area (TPSA) is 17.0 Å². The van der Waals surface area contributed by atoms with Crippen molar-refractivity contribution in [3.8, 4) is 0 Å². The summed E-state index contributed by atoms with van der Waals surface area (Å²) in [5.74, 6) is 0. The summed E-state index contributed by atoms with van der Waals surface area (Å²) in [6.45, 7) is 0. The van der Waals surface area contributed by atoms with Crippen molar-refractivity contribution < 1.29 is 0 Å². The molecule has 84 valence electrons. The standard InChI is InChI=1S/C13H15ClN2/c1-15-13(5-6-13)11-8-16(2)12-7-9(14)3-4-10(11)12/h3-4,7-8,15H,5-6H2,1-2H3. The minimum atomic E-state index is 0.216. The summed E-state index contributed by atoms with van der Waals surface area (Å²) in [5, 5.41) is 5.56. The zero-order chi connectivity index (χ0) is 11.3. The molecule has 0 radical (unpaired) electrons. The SMILES string of the molecule is CNC1(c2cn(C)c3cc(Cl)ccc23)CC1. The summed E-state index contributed by atoms with van der Waals surface area (Å²) in [6.07, 6.45) is 4.68. The zero-order valence-corrected chi connectivity index (χ0v) is 10.3. The number of hydrogen-bond acceptors (Lipinski definition) is 1. The molecule has 2 nitrogen and oxygen atoms in total. The van der Waals surface area contributed by atoms with Crippen molar-refractivity contribution in [2.45, 2.75) is 18.4 Å². The minimum absolute atomic E-state index is 0.216. The smallest absolute Gasteiger partial charge is 0.0496 e. The molecule has 0 aliphatic heterocycles. The Bertz CT molecular complexity index is 552. The second-order valence-corrected chi connectivity index (χ2v) is 5.08. The molecule has 2 aromatic rings. The Kier molecular flexibility index (Phi) is 2.07. The van der Waals surface area contributed by atoms with Crippen molar-refractivity contribution in [1.29, 1.82) is 0 Å². The highest BCUT2D eigenvalue weighted by molar-refractivity contribution is 6.31. The van der Waals surface area contributed by atoms with Crippen LogP contribution in [0.4, 0.5) is 0 Å². The largest absolute Gasteiger partial charge is 0.350 e. The molecular formula is C13H15ClN2. The predicted octanol–water partition coefficient (Wildman–Crippen LogP) is 3.04. The molecule has 1 aliphatic carbocycles. The van der Waals surface area contributed by atoms with Gasteiger partial charge in [-0.15, -0.1) is 0 Å².